The molecule has 190 valence electrons. The molecule has 0 fully saturated rings. The van der Waals surface area contributed by atoms with Crippen molar-refractivity contribution in [1.29, 1.82) is 0 Å². The minimum atomic E-state index is -4.74. The van der Waals surface area contributed by atoms with Crippen LogP contribution in [0.3, 0.4) is 0 Å². The number of hydrogen-bond donors (Lipinski definition) is 2. The molecule has 4 aromatic rings. The number of pyridine rings is 1. The molecule has 37 heavy (non-hydrogen) atoms. The molecule has 0 bridgehead atoms. The zero-order valence-electron chi connectivity index (χ0n) is 19.1. The van der Waals surface area contributed by atoms with Crippen LogP contribution in [0.25, 0.3) is 11.1 Å². The van der Waals surface area contributed by atoms with E-state index in [1.54, 1.807) is 72.2 Å². The van der Waals surface area contributed by atoms with E-state index in [9.17, 15) is 21.9 Å². The molecule has 0 aliphatic heterocycles. The third kappa shape index (κ3) is 6.91. The van der Waals surface area contributed by atoms with Crippen LogP contribution in [0.1, 0.15) is 10.6 Å². The number of aromatic nitrogens is 1. The van der Waals surface area contributed by atoms with Gasteiger partial charge in [0, 0.05) is 6.20 Å². The molecule has 1 atom stereocenters. The molecule has 0 spiro atoms. The molecule has 6 nitrogen and oxygen atoms in total. The number of halogens is 3. The van der Waals surface area contributed by atoms with Crippen LogP contribution in [0, 0.1) is 0 Å². The topological polar surface area (TPSA) is 97.8 Å². The van der Waals surface area contributed by atoms with E-state index in [1.165, 1.54) is 17.4 Å². The fourth-order valence-electron chi connectivity index (χ4n) is 3.23. The Labute approximate surface area is 217 Å². The molecule has 0 saturated heterocycles. The van der Waals surface area contributed by atoms with Gasteiger partial charge in [-0.3, -0.25) is 4.98 Å². The van der Waals surface area contributed by atoms with Gasteiger partial charge in [0.1, 0.15) is 23.7 Å². The minimum Gasteiger partial charge on any atom is -0.485 e. The van der Waals surface area contributed by atoms with E-state index in [1.807, 2.05) is 6.07 Å². The highest BCUT2D eigenvalue weighted by Crippen LogP contribution is 2.33. The maximum absolute atomic E-state index is 13.3. The smallest absolute Gasteiger partial charge is 0.430 e. The van der Waals surface area contributed by atoms with Gasteiger partial charge in [0.05, 0.1) is 21.2 Å². The third-order valence-corrected chi connectivity index (χ3v) is 6.66. The average molecular weight is 544 g/mol. The quantitative estimate of drug-likeness (QED) is 0.195. The van der Waals surface area contributed by atoms with Gasteiger partial charge >= 0.3 is 6.18 Å². The van der Waals surface area contributed by atoms with Gasteiger partial charge in [-0.05, 0) is 65.0 Å². The van der Waals surface area contributed by atoms with Crippen molar-refractivity contribution in [2.24, 2.45) is 10.7 Å². The molecule has 0 saturated carbocycles. The standard InChI is InChI=1S/C26H20F3N3O3S2/c27-26(28,29)25(30)14-22(24-13-18(16-36-24)17-6-5-8-20(12-17)37(33)34)32-21-9-1-2-10-23(21)35-15-19-7-3-4-11-31-19/h1-14,16H,15,30H2,(H,33,34). The SMILES string of the molecule is NC(=CC(=Nc1ccccc1OCc1ccccn1)c1cc(-c2cccc(S(=O)O)c2)cs1)C(F)(F)F. The molecule has 2 heterocycles. The Balaban J connectivity index is 1.73. The largest absolute Gasteiger partial charge is 0.485 e. The first-order valence-corrected chi connectivity index (χ1v) is 12.7. The lowest BCUT2D eigenvalue weighted by molar-refractivity contribution is -0.0925. The Hall–Kier alpha value is -3.80. The zero-order chi connectivity index (χ0) is 26.4. The number of nitrogens with two attached hydrogens (primary N) is 1. The van der Waals surface area contributed by atoms with E-state index in [0.29, 0.717) is 33.1 Å². The average Bonchev–Trinajstić information content (AvgIpc) is 3.38. The predicted molar refractivity (Wildman–Crippen MR) is 138 cm³/mol. The Kier molecular flexibility index (Phi) is 8.17. The lowest BCUT2D eigenvalue weighted by atomic mass is 10.1. The highest BCUT2D eigenvalue weighted by molar-refractivity contribution is 7.79. The van der Waals surface area contributed by atoms with E-state index < -0.39 is 23.0 Å². The number of rotatable bonds is 8. The number of allylic oxidation sites excluding steroid dienone is 2. The van der Waals surface area contributed by atoms with E-state index in [0.717, 1.165) is 6.08 Å². The molecule has 2 aromatic carbocycles. The maximum atomic E-state index is 13.3. The van der Waals surface area contributed by atoms with E-state index >= 15 is 0 Å². The van der Waals surface area contributed by atoms with Crippen LogP contribution < -0.4 is 10.5 Å². The number of hydrogen-bond acceptors (Lipinski definition) is 6. The monoisotopic (exact) mass is 543 g/mol. The van der Waals surface area contributed by atoms with Crippen LogP contribution in [0.2, 0.25) is 0 Å². The number of thiophene rings is 1. The van der Waals surface area contributed by atoms with Gasteiger partial charge in [0.2, 0.25) is 0 Å². The maximum Gasteiger partial charge on any atom is 0.430 e. The summed E-state index contributed by atoms with van der Waals surface area (Å²) in [7, 11) is 0. The lowest BCUT2D eigenvalue weighted by Gasteiger charge is -2.10. The van der Waals surface area contributed by atoms with E-state index in [2.05, 4.69) is 9.98 Å². The molecule has 0 amide bonds. The second kappa shape index (κ2) is 11.5. The van der Waals surface area contributed by atoms with Gasteiger partial charge < -0.3 is 15.0 Å². The first-order valence-electron chi connectivity index (χ1n) is 10.8. The van der Waals surface area contributed by atoms with Crippen molar-refractivity contribution >= 4 is 33.8 Å². The first-order chi connectivity index (χ1) is 17.7. The van der Waals surface area contributed by atoms with Crippen molar-refractivity contribution in [2.75, 3.05) is 0 Å². The van der Waals surface area contributed by atoms with Gasteiger partial charge in [-0.1, -0.05) is 30.3 Å². The second-order valence-electron chi connectivity index (χ2n) is 7.65. The van der Waals surface area contributed by atoms with Gasteiger partial charge in [-0.25, -0.2) is 9.20 Å². The van der Waals surface area contributed by atoms with Crippen molar-refractivity contribution < 1.29 is 26.7 Å². The molecule has 0 aliphatic rings. The number of aliphatic imine (C=N–C) groups is 1. The van der Waals surface area contributed by atoms with Crippen LogP contribution in [0.15, 0.2) is 106 Å². The summed E-state index contributed by atoms with van der Waals surface area (Å²) in [5, 5.41) is 1.73. The molecule has 4 rings (SSSR count). The summed E-state index contributed by atoms with van der Waals surface area (Å²) < 4.78 is 66.6. The van der Waals surface area contributed by atoms with Crippen molar-refractivity contribution in [3.05, 3.63) is 107 Å². The van der Waals surface area contributed by atoms with Crippen molar-refractivity contribution in [1.82, 2.24) is 4.98 Å². The third-order valence-electron chi connectivity index (χ3n) is 5.05. The number of para-hydroxylation sites is 2. The molecule has 1 unspecified atom stereocenters. The number of benzene rings is 2. The Morgan fingerprint density at radius 1 is 1.08 bits per heavy atom. The van der Waals surface area contributed by atoms with Crippen molar-refractivity contribution in [3.63, 3.8) is 0 Å². The molecular formula is C26H20F3N3O3S2. The lowest BCUT2D eigenvalue weighted by Crippen LogP contribution is -2.20. The summed E-state index contributed by atoms with van der Waals surface area (Å²) in [6.45, 7) is 0.148. The number of ether oxygens (including phenoxy) is 1. The number of alkyl halides is 3. The molecule has 0 radical (unpaired) electrons. The van der Waals surface area contributed by atoms with E-state index in [-0.39, 0.29) is 17.2 Å². The minimum absolute atomic E-state index is 0.0122. The molecule has 11 heteroatoms. The molecule has 3 N–H and O–H groups in total. The Morgan fingerprint density at radius 3 is 2.59 bits per heavy atom. The molecule has 2 aromatic heterocycles. The summed E-state index contributed by atoms with van der Waals surface area (Å²) >= 11 is -1.00. The summed E-state index contributed by atoms with van der Waals surface area (Å²) in [5.41, 5.74) is 6.31. The molecule has 0 aliphatic carbocycles. The first kappa shape index (κ1) is 26.3. The van der Waals surface area contributed by atoms with Gasteiger partial charge in [-0.15, -0.1) is 11.3 Å². The van der Waals surface area contributed by atoms with Crippen LogP contribution >= 0.6 is 11.3 Å². The Bertz CT molecular complexity index is 1470. The van der Waals surface area contributed by atoms with Gasteiger partial charge in [-0.2, -0.15) is 13.2 Å². The normalized spacial score (nSPS) is 13.4. The summed E-state index contributed by atoms with van der Waals surface area (Å²) in [5.74, 6) is 0.361. The van der Waals surface area contributed by atoms with E-state index in [4.69, 9.17) is 10.5 Å². The summed E-state index contributed by atoms with van der Waals surface area (Å²) in [6.07, 6.45) is -2.33. The summed E-state index contributed by atoms with van der Waals surface area (Å²) in [6, 6.07) is 20.2. The Morgan fingerprint density at radius 2 is 1.86 bits per heavy atom. The fourth-order valence-corrected chi connectivity index (χ4v) is 4.53. The van der Waals surface area contributed by atoms with Crippen LogP contribution in [0.4, 0.5) is 18.9 Å². The highest BCUT2D eigenvalue weighted by atomic mass is 32.2. The van der Waals surface area contributed by atoms with Crippen LogP contribution in [-0.4, -0.2) is 25.6 Å². The van der Waals surface area contributed by atoms with Gasteiger partial charge in [0.25, 0.3) is 0 Å². The highest BCUT2D eigenvalue weighted by Gasteiger charge is 2.32. The van der Waals surface area contributed by atoms with Crippen molar-refractivity contribution in [3.8, 4) is 16.9 Å². The summed E-state index contributed by atoms with van der Waals surface area (Å²) in [4.78, 5) is 9.31. The van der Waals surface area contributed by atoms with Crippen molar-refractivity contribution in [2.45, 2.75) is 17.7 Å². The van der Waals surface area contributed by atoms with Crippen LogP contribution in [-0.2, 0) is 17.7 Å². The van der Waals surface area contributed by atoms with Crippen LogP contribution in [0.5, 0.6) is 5.75 Å². The fraction of sp³-hybridized carbons (Fsp3) is 0.0769. The second-order valence-corrected chi connectivity index (χ2v) is 9.53. The number of nitrogens with zero attached hydrogens (tertiary/aromatic N) is 2. The van der Waals surface area contributed by atoms with Gasteiger partial charge in [0.15, 0.2) is 11.1 Å². The zero-order valence-corrected chi connectivity index (χ0v) is 20.7. The molecular weight excluding hydrogens is 523 g/mol. The predicted octanol–water partition coefficient (Wildman–Crippen LogP) is 6.50.